The van der Waals surface area contributed by atoms with Crippen molar-refractivity contribution in [2.75, 3.05) is 19.0 Å². The molecule has 0 saturated carbocycles. The third-order valence-electron chi connectivity index (χ3n) is 3.98. The van der Waals surface area contributed by atoms with E-state index in [1.807, 2.05) is 49.4 Å². The van der Waals surface area contributed by atoms with Gasteiger partial charge in [-0.25, -0.2) is 0 Å². The Morgan fingerprint density at radius 1 is 1.12 bits per heavy atom. The van der Waals surface area contributed by atoms with Crippen LogP contribution in [0, 0.1) is 0 Å². The normalized spacial score (nSPS) is 10.3. The van der Waals surface area contributed by atoms with Gasteiger partial charge < -0.3 is 15.4 Å². The molecule has 0 spiro atoms. The summed E-state index contributed by atoms with van der Waals surface area (Å²) in [6.45, 7) is 1.99. The molecular formula is C20H23BrN2O3. The standard InChI is InChI=1S/C20H23BrN2O3/c1-3-15-6-4-5-7-17(15)23-20(25)13-22-19(24)11-9-14-8-10-18(26-2)16(21)12-14/h4-8,10,12H,3,9,11,13H2,1-2H3,(H,22,24)(H,23,25). The first kappa shape index (κ1) is 20.0. The predicted octanol–water partition coefficient (Wildman–Crippen LogP) is 3.71. The number of carbonyl (C=O) groups excluding carboxylic acids is 2. The fourth-order valence-corrected chi connectivity index (χ4v) is 3.12. The van der Waals surface area contributed by atoms with Gasteiger partial charge in [0.2, 0.25) is 11.8 Å². The summed E-state index contributed by atoms with van der Waals surface area (Å²) in [4.78, 5) is 24.0. The first-order valence-corrected chi connectivity index (χ1v) is 9.29. The van der Waals surface area contributed by atoms with Gasteiger partial charge in [0.1, 0.15) is 5.75 Å². The first-order valence-electron chi connectivity index (χ1n) is 8.50. The first-order chi connectivity index (χ1) is 12.5. The predicted molar refractivity (Wildman–Crippen MR) is 106 cm³/mol. The SMILES string of the molecule is CCc1ccccc1NC(=O)CNC(=O)CCc1ccc(OC)c(Br)c1. The lowest BCUT2D eigenvalue weighted by Gasteiger charge is -2.10. The van der Waals surface area contributed by atoms with Crippen LogP contribution in [0.25, 0.3) is 0 Å². The lowest BCUT2D eigenvalue weighted by Crippen LogP contribution is -2.33. The van der Waals surface area contributed by atoms with E-state index in [0.29, 0.717) is 12.8 Å². The van der Waals surface area contributed by atoms with Gasteiger partial charge in [-0.1, -0.05) is 31.2 Å². The number of benzene rings is 2. The van der Waals surface area contributed by atoms with Gasteiger partial charge in [-0.2, -0.15) is 0 Å². The van der Waals surface area contributed by atoms with Gasteiger partial charge in [0.05, 0.1) is 18.1 Å². The lowest BCUT2D eigenvalue weighted by atomic mass is 10.1. The second kappa shape index (κ2) is 9.97. The highest BCUT2D eigenvalue weighted by Gasteiger charge is 2.09. The van der Waals surface area contributed by atoms with Crippen LogP contribution in [0.5, 0.6) is 5.75 Å². The summed E-state index contributed by atoms with van der Waals surface area (Å²) < 4.78 is 6.04. The van der Waals surface area contributed by atoms with Crippen molar-refractivity contribution in [3.63, 3.8) is 0 Å². The number of halogens is 1. The number of nitrogens with one attached hydrogen (secondary N) is 2. The van der Waals surface area contributed by atoms with E-state index in [9.17, 15) is 9.59 Å². The summed E-state index contributed by atoms with van der Waals surface area (Å²) in [7, 11) is 1.61. The molecule has 2 N–H and O–H groups in total. The van der Waals surface area contributed by atoms with Crippen molar-refractivity contribution in [3.05, 3.63) is 58.1 Å². The molecule has 2 amide bonds. The highest BCUT2D eigenvalue weighted by Crippen LogP contribution is 2.25. The number of aryl methyl sites for hydroxylation is 2. The Morgan fingerprint density at radius 3 is 2.58 bits per heavy atom. The van der Waals surface area contributed by atoms with E-state index in [0.717, 1.165) is 33.5 Å². The quantitative estimate of drug-likeness (QED) is 0.686. The maximum absolute atomic E-state index is 12.0. The Morgan fingerprint density at radius 2 is 1.88 bits per heavy atom. The molecule has 0 bridgehead atoms. The molecule has 6 heteroatoms. The number of para-hydroxylation sites is 1. The molecule has 2 aromatic rings. The summed E-state index contributed by atoms with van der Waals surface area (Å²) in [6.07, 6.45) is 1.74. The Hall–Kier alpha value is -2.34. The zero-order valence-electron chi connectivity index (χ0n) is 15.0. The lowest BCUT2D eigenvalue weighted by molar-refractivity contribution is -0.124. The van der Waals surface area contributed by atoms with E-state index in [2.05, 4.69) is 26.6 Å². The van der Waals surface area contributed by atoms with Crippen LogP contribution >= 0.6 is 15.9 Å². The van der Waals surface area contributed by atoms with Crippen LogP contribution in [0.4, 0.5) is 5.69 Å². The summed E-state index contributed by atoms with van der Waals surface area (Å²) in [5.41, 5.74) is 2.88. The molecule has 0 atom stereocenters. The number of carbonyl (C=O) groups is 2. The fraction of sp³-hybridized carbons (Fsp3) is 0.300. The van der Waals surface area contributed by atoms with E-state index < -0.39 is 0 Å². The van der Waals surface area contributed by atoms with Gasteiger partial charge in [-0.3, -0.25) is 9.59 Å². The highest BCUT2D eigenvalue weighted by atomic mass is 79.9. The van der Waals surface area contributed by atoms with Crippen molar-refractivity contribution in [2.45, 2.75) is 26.2 Å². The molecule has 0 fully saturated rings. The number of anilines is 1. The molecule has 0 aliphatic rings. The third-order valence-corrected chi connectivity index (χ3v) is 4.60. The largest absolute Gasteiger partial charge is 0.496 e. The molecule has 5 nitrogen and oxygen atoms in total. The Bertz CT molecular complexity index is 777. The number of amides is 2. The van der Waals surface area contributed by atoms with Crippen molar-refractivity contribution in [1.29, 1.82) is 0 Å². The van der Waals surface area contributed by atoms with E-state index in [4.69, 9.17) is 4.74 Å². The number of ether oxygens (including phenoxy) is 1. The minimum Gasteiger partial charge on any atom is -0.496 e. The summed E-state index contributed by atoms with van der Waals surface area (Å²) in [6, 6.07) is 13.4. The van der Waals surface area contributed by atoms with Crippen LogP contribution in [0.1, 0.15) is 24.5 Å². The molecule has 0 aromatic heterocycles. The van der Waals surface area contributed by atoms with Crippen LogP contribution < -0.4 is 15.4 Å². The van der Waals surface area contributed by atoms with E-state index in [1.54, 1.807) is 7.11 Å². The molecule has 2 rings (SSSR count). The van der Waals surface area contributed by atoms with Crippen molar-refractivity contribution < 1.29 is 14.3 Å². The number of methoxy groups -OCH3 is 1. The molecule has 0 saturated heterocycles. The van der Waals surface area contributed by atoms with Gasteiger partial charge in [-0.05, 0) is 58.1 Å². The zero-order valence-corrected chi connectivity index (χ0v) is 16.6. The van der Waals surface area contributed by atoms with Gasteiger partial charge in [-0.15, -0.1) is 0 Å². The number of rotatable bonds is 8. The second-order valence-electron chi connectivity index (χ2n) is 5.80. The molecule has 2 aromatic carbocycles. The minimum absolute atomic E-state index is 0.0385. The maximum Gasteiger partial charge on any atom is 0.243 e. The Labute approximate surface area is 162 Å². The van der Waals surface area contributed by atoms with E-state index in [-0.39, 0.29) is 18.4 Å². The molecule has 0 aliphatic carbocycles. The van der Waals surface area contributed by atoms with Gasteiger partial charge in [0.15, 0.2) is 0 Å². The van der Waals surface area contributed by atoms with Gasteiger partial charge >= 0.3 is 0 Å². The molecule has 26 heavy (non-hydrogen) atoms. The number of hydrogen-bond acceptors (Lipinski definition) is 3. The molecular weight excluding hydrogens is 396 g/mol. The average Bonchev–Trinajstić information content (AvgIpc) is 2.65. The zero-order chi connectivity index (χ0) is 18.9. The maximum atomic E-state index is 12.0. The summed E-state index contributed by atoms with van der Waals surface area (Å²) >= 11 is 3.43. The molecule has 0 heterocycles. The highest BCUT2D eigenvalue weighted by molar-refractivity contribution is 9.10. The topological polar surface area (TPSA) is 67.4 Å². The van der Waals surface area contributed by atoms with Crippen LogP contribution in [0.2, 0.25) is 0 Å². The Balaban J connectivity index is 1.77. The van der Waals surface area contributed by atoms with Crippen molar-refractivity contribution >= 4 is 33.4 Å². The molecule has 0 unspecified atom stereocenters. The van der Waals surface area contributed by atoms with Crippen LogP contribution in [-0.2, 0) is 22.4 Å². The number of hydrogen-bond donors (Lipinski definition) is 2. The van der Waals surface area contributed by atoms with E-state index >= 15 is 0 Å². The molecule has 0 radical (unpaired) electrons. The van der Waals surface area contributed by atoms with Gasteiger partial charge in [0, 0.05) is 12.1 Å². The second-order valence-corrected chi connectivity index (χ2v) is 6.66. The monoisotopic (exact) mass is 418 g/mol. The minimum atomic E-state index is -0.230. The van der Waals surface area contributed by atoms with E-state index in [1.165, 1.54) is 0 Å². The fourth-order valence-electron chi connectivity index (χ4n) is 2.54. The summed E-state index contributed by atoms with van der Waals surface area (Å²) in [5.74, 6) is 0.365. The molecule has 0 aliphatic heterocycles. The van der Waals surface area contributed by atoms with Gasteiger partial charge in [0.25, 0.3) is 0 Å². The summed E-state index contributed by atoms with van der Waals surface area (Å²) in [5, 5.41) is 5.50. The van der Waals surface area contributed by atoms with Crippen molar-refractivity contribution in [1.82, 2.24) is 5.32 Å². The van der Waals surface area contributed by atoms with Crippen molar-refractivity contribution in [2.24, 2.45) is 0 Å². The smallest absolute Gasteiger partial charge is 0.243 e. The Kier molecular flexibility index (Phi) is 7.66. The van der Waals surface area contributed by atoms with Crippen LogP contribution in [0.15, 0.2) is 46.9 Å². The molecule has 138 valence electrons. The van der Waals surface area contributed by atoms with Crippen LogP contribution in [-0.4, -0.2) is 25.5 Å². The third kappa shape index (κ3) is 5.88. The average molecular weight is 419 g/mol. The van der Waals surface area contributed by atoms with Crippen molar-refractivity contribution in [3.8, 4) is 5.75 Å². The van der Waals surface area contributed by atoms with Crippen LogP contribution in [0.3, 0.4) is 0 Å².